The van der Waals surface area contributed by atoms with Gasteiger partial charge in [0.2, 0.25) is 0 Å². The van der Waals surface area contributed by atoms with Crippen molar-refractivity contribution in [1.29, 1.82) is 0 Å². The van der Waals surface area contributed by atoms with Gasteiger partial charge in [-0.3, -0.25) is 15.1 Å². The van der Waals surface area contributed by atoms with Gasteiger partial charge < -0.3 is 5.11 Å². The van der Waals surface area contributed by atoms with Crippen molar-refractivity contribution in [2.75, 3.05) is 0 Å². The minimum Gasteiger partial charge on any atom is -0.390 e. The molecule has 0 aliphatic carbocycles. The molecule has 0 amide bonds. The largest absolute Gasteiger partial charge is 0.390 e. The molecule has 0 aliphatic rings. The van der Waals surface area contributed by atoms with Crippen LogP contribution in [0.1, 0.15) is 17.7 Å². The van der Waals surface area contributed by atoms with Crippen molar-refractivity contribution in [1.82, 2.24) is 4.98 Å². The lowest BCUT2D eigenvalue weighted by Crippen LogP contribution is -2.02. The summed E-state index contributed by atoms with van der Waals surface area (Å²) in [5, 5.41) is 19.3. The summed E-state index contributed by atoms with van der Waals surface area (Å²) in [5.41, 5.74) is -1.58. The topological polar surface area (TPSA) is 76.3 Å². The second kappa shape index (κ2) is 4.58. The van der Waals surface area contributed by atoms with Crippen LogP contribution in [-0.2, 0) is 6.61 Å². The molecule has 0 aliphatic heterocycles. The van der Waals surface area contributed by atoms with Crippen LogP contribution in [0.15, 0.2) is 10.7 Å². The number of pyridine rings is 1. The molecule has 1 heterocycles. The third kappa shape index (κ3) is 2.26. The quantitative estimate of drug-likeness (QED) is 0.681. The molecule has 1 rings (SSSR count). The monoisotopic (exact) mass is 282 g/mol. The number of aromatic nitrogens is 1. The van der Waals surface area contributed by atoms with Gasteiger partial charge in [-0.25, -0.2) is 8.78 Å². The Labute approximate surface area is 91.0 Å². The molecule has 0 aromatic carbocycles. The van der Waals surface area contributed by atoms with Crippen molar-refractivity contribution in [3.05, 3.63) is 32.0 Å². The molecule has 1 N–H and O–H groups in total. The minimum absolute atomic E-state index is 0.0499. The van der Waals surface area contributed by atoms with E-state index in [4.69, 9.17) is 5.11 Å². The van der Waals surface area contributed by atoms with Gasteiger partial charge in [0.1, 0.15) is 10.0 Å². The molecule has 0 radical (unpaired) electrons. The van der Waals surface area contributed by atoms with E-state index in [-0.39, 0.29) is 10.2 Å². The number of alkyl halides is 2. The van der Waals surface area contributed by atoms with E-state index in [0.29, 0.717) is 6.20 Å². The van der Waals surface area contributed by atoms with Crippen LogP contribution < -0.4 is 0 Å². The Kier molecular flexibility index (Phi) is 3.64. The first-order valence-corrected chi connectivity index (χ1v) is 4.49. The molecule has 0 atom stereocenters. The Balaban J connectivity index is 3.44. The highest BCUT2D eigenvalue weighted by molar-refractivity contribution is 9.10. The van der Waals surface area contributed by atoms with E-state index in [9.17, 15) is 18.9 Å². The van der Waals surface area contributed by atoms with E-state index in [0.717, 1.165) is 0 Å². The average molecular weight is 283 g/mol. The minimum atomic E-state index is -2.98. The number of aliphatic hydroxyl groups excluding tert-OH is 1. The van der Waals surface area contributed by atoms with Gasteiger partial charge in [-0.15, -0.1) is 0 Å². The van der Waals surface area contributed by atoms with Crippen LogP contribution in [0.4, 0.5) is 14.5 Å². The predicted octanol–water partition coefficient (Wildman–Crippen LogP) is 2.18. The van der Waals surface area contributed by atoms with E-state index in [1.165, 1.54) is 0 Å². The average Bonchev–Trinajstić information content (AvgIpc) is 2.16. The predicted molar refractivity (Wildman–Crippen MR) is 49.5 cm³/mol. The molecule has 0 fully saturated rings. The number of hydrogen-bond acceptors (Lipinski definition) is 4. The first-order chi connectivity index (χ1) is 6.99. The van der Waals surface area contributed by atoms with Crippen LogP contribution in [0, 0.1) is 10.1 Å². The third-order valence-corrected chi connectivity index (χ3v) is 2.49. The number of halogens is 3. The summed E-state index contributed by atoms with van der Waals surface area (Å²) in [6.07, 6.45) is -2.29. The fourth-order valence-corrected chi connectivity index (χ4v) is 1.59. The zero-order valence-electron chi connectivity index (χ0n) is 7.15. The molecule has 0 spiro atoms. The highest BCUT2D eigenvalue weighted by Gasteiger charge is 2.27. The Morgan fingerprint density at radius 1 is 1.67 bits per heavy atom. The van der Waals surface area contributed by atoms with Crippen molar-refractivity contribution < 1.29 is 18.8 Å². The SMILES string of the molecule is O=[N+]([O-])c1c(C(F)F)cnc(CO)c1Br. The molecule has 82 valence electrons. The van der Waals surface area contributed by atoms with E-state index in [1.807, 2.05) is 0 Å². The fraction of sp³-hybridized carbons (Fsp3) is 0.286. The van der Waals surface area contributed by atoms with Gasteiger partial charge in [0.25, 0.3) is 12.1 Å². The molecule has 5 nitrogen and oxygen atoms in total. The molecule has 0 saturated heterocycles. The van der Waals surface area contributed by atoms with Crippen LogP contribution >= 0.6 is 15.9 Å². The Hall–Kier alpha value is -1.15. The van der Waals surface area contributed by atoms with Crippen LogP contribution in [0.2, 0.25) is 0 Å². The first-order valence-electron chi connectivity index (χ1n) is 3.69. The summed E-state index contributed by atoms with van der Waals surface area (Å²) in [7, 11) is 0. The van der Waals surface area contributed by atoms with E-state index < -0.39 is 29.2 Å². The second-order valence-corrected chi connectivity index (χ2v) is 3.33. The van der Waals surface area contributed by atoms with Gasteiger partial charge in [0, 0.05) is 6.20 Å². The van der Waals surface area contributed by atoms with Crippen LogP contribution in [0.25, 0.3) is 0 Å². The fourth-order valence-electron chi connectivity index (χ4n) is 0.984. The van der Waals surface area contributed by atoms with Crippen LogP contribution in [-0.4, -0.2) is 15.0 Å². The maximum atomic E-state index is 12.4. The van der Waals surface area contributed by atoms with Crippen molar-refractivity contribution in [3.63, 3.8) is 0 Å². The number of nitro groups is 1. The molecule has 1 aromatic rings. The molecule has 0 saturated carbocycles. The molecule has 1 aromatic heterocycles. The highest BCUT2D eigenvalue weighted by atomic mass is 79.9. The summed E-state index contributed by atoms with van der Waals surface area (Å²) in [6.45, 7) is -0.565. The Bertz CT molecular complexity index is 400. The van der Waals surface area contributed by atoms with Crippen molar-refractivity contribution >= 4 is 21.6 Å². The zero-order valence-corrected chi connectivity index (χ0v) is 8.74. The van der Waals surface area contributed by atoms with Crippen molar-refractivity contribution in [3.8, 4) is 0 Å². The van der Waals surface area contributed by atoms with Crippen molar-refractivity contribution in [2.45, 2.75) is 13.0 Å². The number of hydrogen-bond donors (Lipinski definition) is 1. The molecule has 15 heavy (non-hydrogen) atoms. The molecular formula is C7H5BrF2N2O3. The Morgan fingerprint density at radius 2 is 2.27 bits per heavy atom. The summed E-state index contributed by atoms with van der Waals surface area (Å²) in [5.74, 6) is 0. The Morgan fingerprint density at radius 3 is 2.67 bits per heavy atom. The van der Waals surface area contributed by atoms with Gasteiger partial charge in [0.05, 0.1) is 17.2 Å². The second-order valence-electron chi connectivity index (χ2n) is 2.54. The molecule has 8 heteroatoms. The number of rotatable bonds is 3. The van der Waals surface area contributed by atoms with Gasteiger partial charge >= 0.3 is 0 Å². The first kappa shape index (κ1) is 11.9. The standard InChI is InChI=1S/C7H5BrF2N2O3/c8-5-4(2-13)11-1-3(7(9)10)6(5)12(14)15/h1,7,13H,2H2. The van der Waals surface area contributed by atoms with Crippen LogP contribution in [0.3, 0.4) is 0 Å². The molecule has 0 bridgehead atoms. The van der Waals surface area contributed by atoms with Crippen LogP contribution in [0.5, 0.6) is 0 Å². The maximum Gasteiger partial charge on any atom is 0.295 e. The zero-order chi connectivity index (χ0) is 11.6. The normalized spacial score (nSPS) is 10.7. The third-order valence-electron chi connectivity index (χ3n) is 1.66. The summed E-state index contributed by atoms with van der Waals surface area (Å²) >= 11 is 2.76. The summed E-state index contributed by atoms with van der Waals surface area (Å²) < 4.78 is 24.5. The van der Waals surface area contributed by atoms with E-state index >= 15 is 0 Å². The molecule has 0 unspecified atom stereocenters. The highest BCUT2D eigenvalue weighted by Crippen LogP contribution is 2.35. The number of aliphatic hydroxyl groups is 1. The van der Waals surface area contributed by atoms with Gasteiger partial charge in [-0.05, 0) is 15.9 Å². The van der Waals surface area contributed by atoms with Crippen molar-refractivity contribution in [2.24, 2.45) is 0 Å². The number of nitrogens with zero attached hydrogens (tertiary/aromatic N) is 2. The van der Waals surface area contributed by atoms with Gasteiger partial charge in [-0.2, -0.15) is 0 Å². The molecular weight excluding hydrogens is 278 g/mol. The summed E-state index contributed by atoms with van der Waals surface area (Å²) in [6, 6.07) is 0. The smallest absolute Gasteiger partial charge is 0.295 e. The van der Waals surface area contributed by atoms with Gasteiger partial charge in [0.15, 0.2) is 0 Å². The lowest BCUT2D eigenvalue weighted by Gasteiger charge is -2.05. The maximum absolute atomic E-state index is 12.4. The van der Waals surface area contributed by atoms with E-state index in [1.54, 1.807) is 0 Å². The van der Waals surface area contributed by atoms with Gasteiger partial charge in [-0.1, -0.05) is 0 Å². The lowest BCUT2D eigenvalue weighted by atomic mass is 10.2. The van der Waals surface area contributed by atoms with E-state index in [2.05, 4.69) is 20.9 Å². The lowest BCUT2D eigenvalue weighted by molar-refractivity contribution is -0.387. The summed E-state index contributed by atoms with van der Waals surface area (Å²) in [4.78, 5) is 13.1.